The van der Waals surface area contributed by atoms with Crippen LogP contribution in [0.2, 0.25) is 0 Å². The van der Waals surface area contributed by atoms with Crippen LogP contribution in [0.1, 0.15) is 49.3 Å². The van der Waals surface area contributed by atoms with Gasteiger partial charge in [-0.15, -0.1) is 0 Å². The van der Waals surface area contributed by atoms with Gasteiger partial charge in [-0.3, -0.25) is 9.48 Å². The Hall–Kier alpha value is -2.19. The highest BCUT2D eigenvalue weighted by Gasteiger charge is 2.17. The van der Waals surface area contributed by atoms with Crippen LogP contribution in [0.25, 0.3) is 0 Å². The predicted molar refractivity (Wildman–Crippen MR) is 105 cm³/mol. The molecule has 148 valence electrons. The number of rotatable bonds is 7. The van der Waals surface area contributed by atoms with Crippen molar-refractivity contribution in [3.8, 4) is 0 Å². The molecule has 0 aliphatic heterocycles. The second-order valence-electron chi connectivity index (χ2n) is 7.31. The molecule has 2 aromatic rings. The van der Waals surface area contributed by atoms with Gasteiger partial charge in [0.2, 0.25) is 15.9 Å². The molecule has 0 fully saturated rings. The molecular weight excluding hydrogens is 364 g/mol. The Labute approximate surface area is 161 Å². The lowest BCUT2D eigenvalue weighted by molar-refractivity contribution is -0.121. The monoisotopic (exact) mass is 392 g/mol. The van der Waals surface area contributed by atoms with Crippen LogP contribution in [-0.4, -0.2) is 24.1 Å². The van der Waals surface area contributed by atoms with Crippen molar-refractivity contribution >= 4 is 15.9 Å². The maximum absolute atomic E-state index is 12.5. The van der Waals surface area contributed by atoms with E-state index < -0.39 is 10.0 Å². The molecule has 2 rings (SSSR count). The Morgan fingerprint density at radius 1 is 1.19 bits per heavy atom. The molecule has 0 bridgehead atoms. The molecule has 8 heteroatoms. The number of nitrogens with two attached hydrogens (primary N) is 1. The summed E-state index contributed by atoms with van der Waals surface area (Å²) in [6.45, 7) is 10.8. The van der Waals surface area contributed by atoms with Crippen molar-refractivity contribution in [2.75, 3.05) is 0 Å². The molecular formula is C19H28N4O3S. The molecule has 7 nitrogen and oxygen atoms in total. The van der Waals surface area contributed by atoms with Crippen molar-refractivity contribution in [1.82, 2.24) is 15.1 Å². The van der Waals surface area contributed by atoms with E-state index >= 15 is 0 Å². The number of carbonyl (C=O) groups excluding carboxylic acids is 1. The van der Waals surface area contributed by atoms with E-state index in [0.29, 0.717) is 5.92 Å². The highest BCUT2D eigenvalue weighted by molar-refractivity contribution is 7.89. The topological polar surface area (TPSA) is 107 Å². The maximum Gasteiger partial charge on any atom is 0.238 e. The van der Waals surface area contributed by atoms with Gasteiger partial charge in [0.05, 0.1) is 23.1 Å². The van der Waals surface area contributed by atoms with Gasteiger partial charge in [0.25, 0.3) is 0 Å². The lowest BCUT2D eigenvalue weighted by Gasteiger charge is -2.15. The predicted octanol–water partition coefficient (Wildman–Crippen LogP) is 2.22. The van der Waals surface area contributed by atoms with E-state index in [1.54, 1.807) is 12.1 Å². The number of primary sulfonamides is 1. The van der Waals surface area contributed by atoms with E-state index in [0.717, 1.165) is 29.1 Å². The highest BCUT2D eigenvalue weighted by atomic mass is 32.2. The molecule has 3 N–H and O–H groups in total. The largest absolute Gasteiger partial charge is 0.349 e. The van der Waals surface area contributed by atoms with Gasteiger partial charge < -0.3 is 5.32 Å². The molecule has 0 saturated carbocycles. The van der Waals surface area contributed by atoms with Gasteiger partial charge in [0.1, 0.15) is 0 Å². The first-order valence-electron chi connectivity index (χ1n) is 8.94. The number of aromatic nitrogens is 2. The van der Waals surface area contributed by atoms with Gasteiger partial charge in [-0.25, -0.2) is 13.6 Å². The van der Waals surface area contributed by atoms with E-state index in [-0.39, 0.29) is 23.3 Å². The lowest BCUT2D eigenvalue weighted by atomic mass is 10.1. The summed E-state index contributed by atoms with van der Waals surface area (Å²) in [6, 6.07) is 5.94. The van der Waals surface area contributed by atoms with Gasteiger partial charge in [0.15, 0.2) is 0 Å². The number of aryl methyl sites for hydroxylation is 1. The summed E-state index contributed by atoms with van der Waals surface area (Å²) in [4.78, 5) is 12.5. The summed E-state index contributed by atoms with van der Waals surface area (Å²) in [5.41, 5.74) is 3.64. The Morgan fingerprint density at radius 3 is 2.30 bits per heavy atom. The lowest BCUT2D eigenvalue weighted by Crippen LogP contribution is -2.28. The third kappa shape index (κ3) is 5.40. The van der Waals surface area contributed by atoms with E-state index in [1.165, 1.54) is 12.1 Å². The average Bonchev–Trinajstić information content (AvgIpc) is 2.81. The standard InChI is InChI=1S/C19H28N4O3S/c1-12(2)11-23-15(5)18(14(4)22-23)10-19(24)21-13(3)16-6-8-17(9-7-16)27(20,25)26/h6-9,12-13H,10-11H2,1-5H3,(H,21,24)(H2,20,25,26)/t13-/m0/s1. The molecule has 0 aliphatic carbocycles. The van der Waals surface area contributed by atoms with Crippen LogP contribution in [0.4, 0.5) is 0 Å². The second kappa shape index (κ2) is 8.22. The molecule has 0 spiro atoms. The van der Waals surface area contributed by atoms with Crippen LogP contribution in [0, 0.1) is 19.8 Å². The van der Waals surface area contributed by atoms with Crippen LogP contribution in [0.5, 0.6) is 0 Å². The number of nitrogens with zero attached hydrogens (tertiary/aromatic N) is 2. The maximum atomic E-state index is 12.5. The summed E-state index contributed by atoms with van der Waals surface area (Å²) >= 11 is 0. The molecule has 0 radical (unpaired) electrons. The van der Waals surface area contributed by atoms with Crippen LogP contribution in [-0.2, 0) is 27.8 Å². The van der Waals surface area contributed by atoms with Crippen molar-refractivity contribution in [3.63, 3.8) is 0 Å². The third-order valence-electron chi connectivity index (χ3n) is 4.49. The van der Waals surface area contributed by atoms with Gasteiger partial charge in [-0.2, -0.15) is 5.10 Å². The SMILES string of the molecule is Cc1nn(CC(C)C)c(C)c1CC(=O)N[C@@H](C)c1ccc(S(N)(=O)=O)cc1. The molecule has 1 aromatic carbocycles. The number of nitrogens with one attached hydrogen (secondary N) is 1. The third-order valence-corrected chi connectivity index (χ3v) is 5.42. The van der Waals surface area contributed by atoms with E-state index in [1.807, 2.05) is 25.5 Å². The van der Waals surface area contributed by atoms with Gasteiger partial charge in [-0.1, -0.05) is 26.0 Å². The smallest absolute Gasteiger partial charge is 0.238 e. The van der Waals surface area contributed by atoms with E-state index in [4.69, 9.17) is 5.14 Å². The summed E-state index contributed by atoms with van der Waals surface area (Å²) < 4.78 is 24.6. The number of carbonyl (C=O) groups is 1. The second-order valence-corrected chi connectivity index (χ2v) is 8.87. The normalized spacial score (nSPS) is 13.0. The fraction of sp³-hybridized carbons (Fsp3) is 0.474. The number of hydrogen-bond acceptors (Lipinski definition) is 4. The molecule has 0 saturated heterocycles. The minimum Gasteiger partial charge on any atom is -0.349 e. The zero-order valence-electron chi connectivity index (χ0n) is 16.5. The first kappa shape index (κ1) is 21.1. The van der Waals surface area contributed by atoms with Gasteiger partial charge >= 0.3 is 0 Å². The fourth-order valence-corrected chi connectivity index (χ4v) is 3.51. The molecule has 1 aromatic heterocycles. The van der Waals surface area contributed by atoms with E-state index in [9.17, 15) is 13.2 Å². The zero-order valence-corrected chi connectivity index (χ0v) is 17.3. The van der Waals surface area contributed by atoms with Crippen LogP contribution < -0.4 is 10.5 Å². The molecule has 27 heavy (non-hydrogen) atoms. The summed E-state index contributed by atoms with van der Waals surface area (Å²) in [5, 5.41) is 12.6. The van der Waals surface area contributed by atoms with Gasteiger partial charge in [-0.05, 0) is 44.4 Å². The molecule has 1 heterocycles. The summed E-state index contributed by atoms with van der Waals surface area (Å²) in [7, 11) is -3.72. The van der Waals surface area contributed by atoms with Crippen molar-refractivity contribution in [2.45, 2.75) is 58.5 Å². The Balaban J connectivity index is 2.06. The minimum atomic E-state index is -3.72. The number of amides is 1. The summed E-state index contributed by atoms with van der Waals surface area (Å²) in [6.07, 6.45) is 0.259. The Morgan fingerprint density at radius 2 is 1.78 bits per heavy atom. The molecule has 1 amide bonds. The van der Waals surface area contributed by atoms with Crippen molar-refractivity contribution < 1.29 is 13.2 Å². The van der Waals surface area contributed by atoms with Crippen molar-refractivity contribution in [2.24, 2.45) is 11.1 Å². The average molecular weight is 393 g/mol. The summed E-state index contributed by atoms with van der Waals surface area (Å²) in [5.74, 6) is 0.373. The molecule has 0 unspecified atom stereocenters. The van der Waals surface area contributed by atoms with E-state index in [2.05, 4.69) is 24.3 Å². The number of benzene rings is 1. The minimum absolute atomic E-state index is 0.0496. The molecule has 0 aliphatic rings. The van der Waals surface area contributed by atoms with Crippen LogP contribution in [0.3, 0.4) is 0 Å². The number of hydrogen-bond donors (Lipinski definition) is 2. The first-order valence-corrected chi connectivity index (χ1v) is 10.5. The number of sulfonamides is 1. The van der Waals surface area contributed by atoms with Crippen LogP contribution >= 0.6 is 0 Å². The highest BCUT2D eigenvalue weighted by Crippen LogP contribution is 2.18. The molecule has 1 atom stereocenters. The van der Waals surface area contributed by atoms with Crippen LogP contribution in [0.15, 0.2) is 29.2 Å². The quantitative estimate of drug-likeness (QED) is 0.753. The zero-order chi connectivity index (χ0) is 20.4. The van der Waals surface area contributed by atoms with Crippen molar-refractivity contribution in [3.05, 3.63) is 46.8 Å². The Bertz CT molecular complexity index is 915. The van der Waals surface area contributed by atoms with Gasteiger partial charge in [0, 0.05) is 17.8 Å². The fourth-order valence-electron chi connectivity index (χ4n) is 3.00. The Kier molecular flexibility index (Phi) is 6.43. The van der Waals surface area contributed by atoms with Crippen molar-refractivity contribution in [1.29, 1.82) is 0 Å². The first-order chi connectivity index (χ1) is 12.5.